The molecule has 0 radical (unpaired) electrons. The molecule has 3 N–H and O–H groups in total. The zero-order valence-corrected chi connectivity index (χ0v) is 13.9. The summed E-state index contributed by atoms with van der Waals surface area (Å²) in [4.78, 5) is 4.07. The summed E-state index contributed by atoms with van der Waals surface area (Å²) >= 11 is 0. The van der Waals surface area contributed by atoms with Crippen molar-refractivity contribution in [2.45, 2.75) is 24.7 Å². The molecule has 7 heteroatoms. The van der Waals surface area contributed by atoms with E-state index in [9.17, 15) is 5.26 Å². The quantitative estimate of drug-likeness (QED) is 0.760. The van der Waals surface area contributed by atoms with Gasteiger partial charge in [-0.3, -0.25) is 5.10 Å². The zero-order chi connectivity index (χ0) is 17.7. The second-order valence-electron chi connectivity index (χ2n) is 6.62. The highest BCUT2D eigenvalue weighted by Gasteiger charge is 2.39. The first-order valence-corrected chi connectivity index (χ1v) is 8.50. The average molecular weight is 344 g/mol. The molecule has 0 bridgehead atoms. The number of nitrogens with zero attached hydrogens (tertiary/aromatic N) is 4. The van der Waals surface area contributed by atoms with Gasteiger partial charge >= 0.3 is 0 Å². The van der Waals surface area contributed by atoms with E-state index in [0.29, 0.717) is 17.4 Å². The van der Waals surface area contributed by atoms with E-state index < -0.39 is 0 Å². The predicted octanol–water partition coefficient (Wildman–Crippen LogP) is 2.69. The van der Waals surface area contributed by atoms with Gasteiger partial charge in [0.2, 0.25) is 11.8 Å². The van der Waals surface area contributed by atoms with Crippen LogP contribution in [0.1, 0.15) is 41.5 Å². The number of rotatable bonds is 3. The number of fused-ring (bicyclic) bond motifs is 1. The lowest BCUT2D eigenvalue weighted by molar-refractivity contribution is 0.378. The number of imidazole rings is 1. The SMILES string of the molecule is N#CC1=C(N)Oc2n[nH]c(C3CC3)c2C1c1ccc(-n2ccnc2)cc1. The lowest BCUT2D eigenvalue weighted by Crippen LogP contribution is -2.21. The van der Waals surface area contributed by atoms with E-state index in [-0.39, 0.29) is 11.8 Å². The fourth-order valence-corrected chi connectivity index (χ4v) is 3.54. The first kappa shape index (κ1) is 14.8. The van der Waals surface area contributed by atoms with Gasteiger partial charge in [0.15, 0.2) is 0 Å². The van der Waals surface area contributed by atoms with Crippen molar-refractivity contribution in [3.8, 4) is 17.6 Å². The monoisotopic (exact) mass is 344 g/mol. The highest BCUT2D eigenvalue weighted by Crippen LogP contribution is 2.49. The van der Waals surface area contributed by atoms with Gasteiger partial charge in [-0.1, -0.05) is 12.1 Å². The van der Waals surface area contributed by atoms with Crippen LogP contribution in [0.4, 0.5) is 0 Å². The number of nitriles is 1. The van der Waals surface area contributed by atoms with E-state index in [0.717, 1.165) is 35.3 Å². The van der Waals surface area contributed by atoms with Crippen molar-refractivity contribution in [2.24, 2.45) is 5.73 Å². The molecule has 1 aliphatic heterocycles. The minimum atomic E-state index is -0.269. The number of aromatic amines is 1. The molecular weight excluding hydrogens is 328 g/mol. The molecule has 128 valence electrons. The highest BCUT2D eigenvalue weighted by atomic mass is 16.5. The third-order valence-corrected chi connectivity index (χ3v) is 4.98. The van der Waals surface area contributed by atoms with Gasteiger partial charge in [0.25, 0.3) is 0 Å². The molecule has 0 saturated heterocycles. The lowest BCUT2D eigenvalue weighted by Gasteiger charge is -2.24. The normalized spacial score (nSPS) is 19.0. The van der Waals surface area contributed by atoms with E-state index in [1.54, 1.807) is 12.5 Å². The van der Waals surface area contributed by atoms with Gasteiger partial charge in [0, 0.05) is 29.7 Å². The average Bonchev–Trinajstić information content (AvgIpc) is 3.18. The molecule has 0 amide bonds. The number of hydrogen-bond donors (Lipinski definition) is 2. The van der Waals surface area contributed by atoms with E-state index in [1.165, 1.54) is 0 Å². The number of aromatic nitrogens is 4. The summed E-state index contributed by atoms with van der Waals surface area (Å²) in [5.74, 6) is 0.793. The third kappa shape index (κ3) is 2.19. The van der Waals surface area contributed by atoms with Gasteiger partial charge < -0.3 is 15.0 Å². The second kappa shape index (κ2) is 5.49. The van der Waals surface area contributed by atoms with E-state index in [1.807, 2.05) is 35.0 Å². The molecule has 1 unspecified atom stereocenters. The van der Waals surface area contributed by atoms with Crippen LogP contribution in [0.15, 0.2) is 54.4 Å². The van der Waals surface area contributed by atoms with Gasteiger partial charge in [0.05, 0.1) is 17.8 Å². The molecule has 26 heavy (non-hydrogen) atoms. The Balaban J connectivity index is 1.63. The van der Waals surface area contributed by atoms with E-state index in [4.69, 9.17) is 10.5 Å². The summed E-state index contributed by atoms with van der Waals surface area (Å²) in [5.41, 5.74) is 10.4. The van der Waals surface area contributed by atoms with Crippen LogP contribution in [0.25, 0.3) is 5.69 Å². The zero-order valence-electron chi connectivity index (χ0n) is 13.9. The Kier molecular flexibility index (Phi) is 3.12. The molecule has 2 aromatic heterocycles. The molecule has 1 aliphatic carbocycles. The molecule has 1 fully saturated rings. The van der Waals surface area contributed by atoms with Crippen molar-refractivity contribution in [2.75, 3.05) is 0 Å². The van der Waals surface area contributed by atoms with Crippen molar-refractivity contribution in [1.29, 1.82) is 5.26 Å². The minimum Gasteiger partial charge on any atom is -0.420 e. The van der Waals surface area contributed by atoms with Crippen LogP contribution in [0.2, 0.25) is 0 Å². The van der Waals surface area contributed by atoms with Crippen molar-refractivity contribution in [1.82, 2.24) is 19.7 Å². The van der Waals surface area contributed by atoms with Crippen molar-refractivity contribution in [3.05, 3.63) is 71.3 Å². The first-order chi connectivity index (χ1) is 12.8. The summed E-state index contributed by atoms with van der Waals surface area (Å²) in [6.07, 6.45) is 7.64. The molecular formula is C19H16N6O. The van der Waals surface area contributed by atoms with Gasteiger partial charge in [-0.2, -0.15) is 5.26 Å². The predicted molar refractivity (Wildman–Crippen MR) is 93.4 cm³/mol. The standard InChI is InChI=1S/C19H16N6O/c20-9-14-15(11-3-5-13(6-4-11)25-8-7-22-10-25)16-17(12-1-2-12)23-24-19(16)26-18(14)21/h3-8,10,12,15H,1-2,21H2,(H,23,24). The molecule has 1 saturated carbocycles. The number of hydrogen-bond acceptors (Lipinski definition) is 5. The fourth-order valence-electron chi connectivity index (χ4n) is 3.54. The lowest BCUT2D eigenvalue weighted by atomic mass is 9.83. The Labute approximate surface area is 149 Å². The maximum absolute atomic E-state index is 9.70. The van der Waals surface area contributed by atoms with E-state index in [2.05, 4.69) is 21.3 Å². The van der Waals surface area contributed by atoms with Gasteiger partial charge in [-0.25, -0.2) is 4.98 Å². The van der Waals surface area contributed by atoms with Crippen molar-refractivity contribution in [3.63, 3.8) is 0 Å². The molecule has 2 aliphatic rings. The van der Waals surface area contributed by atoms with Crippen LogP contribution < -0.4 is 10.5 Å². The summed E-state index contributed by atoms with van der Waals surface area (Å²) in [5, 5.41) is 17.1. The molecule has 1 atom stereocenters. The van der Waals surface area contributed by atoms with Crippen molar-refractivity contribution >= 4 is 0 Å². The Morgan fingerprint density at radius 2 is 2.08 bits per heavy atom. The summed E-state index contributed by atoms with van der Waals surface area (Å²) in [6.45, 7) is 0. The van der Waals surface area contributed by atoms with Crippen LogP contribution >= 0.6 is 0 Å². The molecule has 3 aromatic rings. The highest BCUT2D eigenvalue weighted by molar-refractivity contribution is 5.56. The maximum Gasteiger partial charge on any atom is 0.244 e. The Hall–Kier alpha value is -3.53. The van der Waals surface area contributed by atoms with Crippen LogP contribution in [-0.2, 0) is 0 Å². The maximum atomic E-state index is 9.70. The summed E-state index contributed by atoms with van der Waals surface area (Å²) < 4.78 is 7.54. The number of nitrogens with two attached hydrogens (primary N) is 1. The Morgan fingerprint density at radius 3 is 2.73 bits per heavy atom. The summed E-state index contributed by atoms with van der Waals surface area (Å²) in [7, 11) is 0. The third-order valence-electron chi connectivity index (χ3n) is 4.98. The molecule has 7 nitrogen and oxygen atoms in total. The van der Waals surface area contributed by atoms with Crippen LogP contribution in [0.5, 0.6) is 5.88 Å². The number of H-pyrrole nitrogens is 1. The number of ether oxygens (including phenoxy) is 1. The molecule has 0 spiro atoms. The number of benzene rings is 1. The van der Waals surface area contributed by atoms with Crippen LogP contribution in [0, 0.1) is 11.3 Å². The minimum absolute atomic E-state index is 0.123. The molecule has 3 heterocycles. The van der Waals surface area contributed by atoms with Crippen LogP contribution in [0.3, 0.4) is 0 Å². The van der Waals surface area contributed by atoms with Crippen LogP contribution in [-0.4, -0.2) is 19.7 Å². The Bertz CT molecular complexity index is 1030. The van der Waals surface area contributed by atoms with Gasteiger partial charge in [0.1, 0.15) is 11.6 Å². The van der Waals surface area contributed by atoms with Gasteiger partial charge in [-0.05, 0) is 30.5 Å². The fraction of sp³-hybridized carbons (Fsp3) is 0.211. The topological polar surface area (TPSA) is 106 Å². The number of nitrogens with one attached hydrogen (secondary N) is 1. The molecule has 1 aromatic carbocycles. The smallest absolute Gasteiger partial charge is 0.244 e. The number of allylic oxidation sites excluding steroid dienone is 1. The Morgan fingerprint density at radius 1 is 1.27 bits per heavy atom. The van der Waals surface area contributed by atoms with Crippen molar-refractivity contribution < 1.29 is 4.74 Å². The largest absolute Gasteiger partial charge is 0.420 e. The van der Waals surface area contributed by atoms with Gasteiger partial charge in [-0.15, -0.1) is 5.10 Å². The second-order valence-corrected chi connectivity index (χ2v) is 6.62. The van der Waals surface area contributed by atoms with E-state index >= 15 is 0 Å². The first-order valence-electron chi connectivity index (χ1n) is 8.50. The summed E-state index contributed by atoms with van der Waals surface area (Å²) in [6, 6.07) is 10.3. The molecule has 5 rings (SSSR count).